The zero-order chi connectivity index (χ0) is 13.5. The highest BCUT2D eigenvalue weighted by Crippen LogP contribution is 2.06. The molecule has 9 nitrogen and oxygen atoms in total. The largest absolute Gasteiger partial charge is 0.511 e. The molecule has 0 radical (unpaired) electrons. The summed E-state index contributed by atoms with van der Waals surface area (Å²) in [4.78, 5) is 42.5. The third-order valence-corrected chi connectivity index (χ3v) is 1.69. The molecule has 0 N–H and O–H groups in total. The van der Waals surface area contributed by atoms with Crippen LogP contribution in [0.4, 0.5) is 9.59 Å². The van der Waals surface area contributed by atoms with Gasteiger partial charge in [-0.1, -0.05) is 0 Å². The van der Waals surface area contributed by atoms with Crippen LogP contribution in [0.15, 0.2) is 0 Å². The zero-order valence-electron chi connectivity index (χ0n) is 9.37. The lowest BCUT2D eigenvalue weighted by Crippen LogP contribution is -2.23. The number of ether oxygens (including phenoxy) is 5. The van der Waals surface area contributed by atoms with Crippen molar-refractivity contribution in [1.29, 1.82) is 0 Å². The fourth-order valence-electron chi connectivity index (χ4n) is 0.883. The summed E-state index contributed by atoms with van der Waals surface area (Å²) in [5, 5.41) is 0. The van der Waals surface area contributed by atoms with E-state index in [9.17, 15) is 19.2 Å². The Bertz CT molecular complexity index is 361. The summed E-state index contributed by atoms with van der Waals surface area (Å²) in [6, 6.07) is 0. The molecule has 1 unspecified atom stereocenters. The van der Waals surface area contributed by atoms with E-state index >= 15 is 0 Å². The summed E-state index contributed by atoms with van der Waals surface area (Å²) in [6.45, 7) is 0.00393. The van der Waals surface area contributed by atoms with Crippen LogP contribution in [0.1, 0.15) is 6.92 Å². The topological polar surface area (TPSA) is 114 Å². The van der Waals surface area contributed by atoms with Gasteiger partial charge >= 0.3 is 18.3 Å². The first-order valence-corrected chi connectivity index (χ1v) is 4.79. The molecule has 0 amide bonds. The van der Waals surface area contributed by atoms with Crippen LogP contribution in [0.5, 0.6) is 0 Å². The molecule has 0 aromatic heterocycles. The Labute approximate surface area is 101 Å². The van der Waals surface area contributed by atoms with Gasteiger partial charge in [-0.05, 0) is 0 Å². The van der Waals surface area contributed by atoms with Gasteiger partial charge in [-0.15, -0.1) is 0 Å². The van der Waals surface area contributed by atoms with Gasteiger partial charge in [0, 0.05) is 6.92 Å². The second-order valence-electron chi connectivity index (χ2n) is 3.11. The third-order valence-electron chi connectivity index (χ3n) is 1.69. The number of rotatable bonds is 5. The number of esters is 1. The second-order valence-corrected chi connectivity index (χ2v) is 3.11. The van der Waals surface area contributed by atoms with Gasteiger partial charge in [0.05, 0.1) is 0 Å². The van der Waals surface area contributed by atoms with Crippen molar-refractivity contribution in [3.05, 3.63) is 0 Å². The SMILES string of the molecule is CC(=O)C(=O)OCOC(=O)OCC1COC(=O)O1. The molecule has 0 spiro atoms. The Morgan fingerprint density at radius 3 is 2.56 bits per heavy atom. The predicted octanol–water partition coefficient (Wildman–Crippen LogP) is -0.235. The first kappa shape index (κ1) is 13.7. The van der Waals surface area contributed by atoms with E-state index in [1.54, 1.807) is 0 Å². The highest BCUT2D eigenvalue weighted by atomic mass is 16.8. The molecule has 9 heteroatoms. The van der Waals surface area contributed by atoms with Crippen molar-refractivity contribution in [3.63, 3.8) is 0 Å². The maximum atomic E-state index is 10.9. The average Bonchev–Trinajstić information content (AvgIpc) is 2.72. The van der Waals surface area contributed by atoms with Gasteiger partial charge in [-0.3, -0.25) is 4.79 Å². The fourth-order valence-corrected chi connectivity index (χ4v) is 0.883. The van der Waals surface area contributed by atoms with Crippen molar-refractivity contribution in [2.24, 2.45) is 0 Å². The molecule has 1 aliphatic heterocycles. The van der Waals surface area contributed by atoms with Crippen LogP contribution >= 0.6 is 0 Å². The Hall–Kier alpha value is -2.32. The first-order valence-electron chi connectivity index (χ1n) is 4.79. The zero-order valence-corrected chi connectivity index (χ0v) is 9.37. The van der Waals surface area contributed by atoms with Gasteiger partial charge in [0.2, 0.25) is 12.6 Å². The van der Waals surface area contributed by atoms with Gasteiger partial charge in [0.25, 0.3) is 0 Å². The molecule has 1 rings (SSSR count). The molecule has 1 saturated heterocycles. The smallest absolute Gasteiger partial charge is 0.430 e. The van der Waals surface area contributed by atoms with E-state index in [4.69, 9.17) is 0 Å². The predicted molar refractivity (Wildman–Crippen MR) is 50.3 cm³/mol. The normalized spacial score (nSPS) is 17.4. The monoisotopic (exact) mass is 262 g/mol. The highest BCUT2D eigenvalue weighted by Gasteiger charge is 2.26. The number of carbonyl (C=O) groups excluding carboxylic acids is 4. The van der Waals surface area contributed by atoms with Gasteiger partial charge in [0.15, 0.2) is 6.10 Å². The van der Waals surface area contributed by atoms with Gasteiger partial charge in [0.1, 0.15) is 13.2 Å². The number of ketones is 1. The Kier molecular flexibility index (Phi) is 4.90. The van der Waals surface area contributed by atoms with Gasteiger partial charge in [-0.25, -0.2) is 14.4 Å². The van der Waals surface area contributed by atoms with Crippen molar-refractivity contribution >= 4 is 24.1 Å². The Morgan fingerprint density at radius 2 is 2.00 bits per heavy atom. The van der Waals surface area contributed by atoms with E-state index in [-0.39, 0.29) is 13.2 Å². The lowest BCUT2D eigenvalue weighted by molar-refractivity contribution is -0.160. The minimum Gasteiger partial charge on any atom is -0.430 e. The number of hydrogen-bond donors (Lipinski definition) is 0. The molecule has 0 bridgehead atoms. The molecule has 0 aromatic carbocycles. The molecular formula is C9H10O9. The minimum atomic E-state index is -1.13. The summed E-state index contributed by atoms with van der Waals surface area (Å²) in [5.41, 5.74) is 0. The maximum absolute atomic E-state index is 10.9. The molecular weight excluding hydrogens is 252 g/mol. The average molecular weight is 262 g/mol. The number of hydrogen-bond acceptors (Lipinski definition) is 9. The van der Waals surface area contributed by atoms with Crippen LogP contribution in [0.2, 0.25) is 0 Å². The van der Waals surface area contributed by atoms with Crippen molar-refractivity contribution in [1.82, 2.24) is 0 Å². The maximum Gasteiger partial charge on any atom is 0.511 e. The summed E-state index contributed by atoms with van der Waals surface area (Å²) < 4.78 is 22.1. The van der Waals surface area contributed by atoms with Crippen molar-refractivity contribution in [2.75, 3.05) is 20.0 Å². The fraction of sp³-hybridized carbons (Fsp3) is 0.556. The molecule has 1 fully saturated rings. The molecule has 1 atom stereocenters. The lowest BCUT2D eigenvalue weighted by Gasteiger charge is -2.08. The molecule has 0 saturated carbocycles. The van der Waals surface area contributed by atoms with Crippen LogP contribution in [0.3, 0.4) is 0 Å². The highest BCUT2D eigenvalue weighted by molar-refractivity contribution is 6.32. The summed E-state index contributed by atoms with van der Waals surface area (Å²) in [6.07, 6.45) is -2.66. The number of cyclic esters (lactones) is 2. The summed E-state index contributed by atoms with van der Waals surface area (Å²) >= 11 is 0. The van der Waals surface area contributed by atoms with Crippen molar-refractivity contribution in [3.8, 4) is 0 Å². The first-order chi connectivity index (χ1) is 8.49. The minimum absolute atomic E-state index is 0.0224. The van der Waals surface area contributed by atoms with Crippen molar-refractivity contribution < 1.29 is 42.9 Å². The Balaban J connectivity index is 2.09. The molecule has 0 aromatic rings. The summed E-state index contributed by atoms with van der Waals surface area (Å²) in [5.74, 6) is -1.94. The third kappa shape index (κ3) is 4.68. The standard InChI is InChI=1S/C9H10O9/c1-5(10)7(11)16-4-17-8(12)14-2-6-3-15-9(13)18-6/h6H,2-4H2,1H3. The molecule has 18 heavy (non-hydrogen) atoms. The molecule has 0 aliphatic carbocycles. The van der Waals surface area contributed by atoms with E-state index in [0.717, 1.165) is 6.92 Å². The van der Waals surface area contributed by atoms with Crippen LogP contribution in [-0.2, 0) is 33.3 Å². The van der Waals surface area contributed by atoms with E-state index < -0.39 is 37.0 Å². The molecule has 100 valence electrons. The van der Waals surface area contributed by atoms with Crippen LogP contribution < -0.4 is 0 Å². The lowest BCUT2D eigenvalue weighted by atomic mass is 10.4. The Morgan fingerprint density at radius 1 is 1.28 bits per heavy atom. The molecule has 1 aliphatic rings. The van der Waals surface area contributed by atoms with Crippen LogP contribution in [-0.4, -0.2) is 50.2 Å². The molecule has 1 heterocycles. The van der Waals surface area contributed by atoms with E-state index in [2.05, 4.69) is 23.7 Å². The number of carbonyl (C=O) groups is 4. The van der Waals surface area contributed by atoms with E-state index in [1.807, 2.05) is 0 Å². The summed E-state index contributed by atoms with van der Waals surface area (Å²) in [7, 11) is 0. The van der Waals surface area contributed by atoms with Crippen molar-refractivity contribution in [2.45, 2.75) is 13.0 Å². The van der Waals surface area contributed by atoms with Gasteiger partial charge in [-0.2, -0.15) is 0 Å². The second kappa shape index (κ2) is 6.42. The van der Waals surface area contributed by atoms with Gasteiger partial charge < -0.3 is 23.7 Å². The van der Waals surface area contributed by atoms with Crippen LogP contribution in [0.25, 0.3) is 0 Å². The van der Waals surface area contributed by atoms with E-state index in [0.29, 0.717) is 0 Å². The van der Waals surface area contributed by atoms with E-state index in [1.165, 1.54) is 0 Å². The van der Waals surface area contributed by atoms with Crippen LogP contribution in [0, 0.1) is 0 Å². The quantitative estimate of drug-likeness (QED) is 0.286. The number of Topliss-reactive ketones (excluding diaryl/α,β-unsaturated/α-hetero) is 1.